The van der Waals surface area contributed by atoms with Crippen LogP contribution in [0.3, 0.4) is 0 Å². The topological polar surface area (TPSA) is 80.3 Å². The number of aryl methyl sites for hydroxylation is 1. The molecule has 1 aromatic heterocycles. The van der Waals surface area contributed by atoms with Crippen LogP contribution in [0.4, 0.5) is 5.82 Å². The molecule has 0 atom stereocenters. The predicted molar refractivity (Wildman–Crippen MR) is 113 cm³/mol. The number of nitrogens with zero attached hydrogens (tertiary/aromatic N) is 1. The second kappa shape index (κ2) is 10.6. The molecule has 0 bridgehead atoms. The number of anilines is 1. The van der Waals surface area contributed by atoms with E-state index in [0.29, 0.717) is 29.7 Å². The summed E-state index contributed by atoms with van der Waals surface area (Å²) < 4.78 is 5.94. The number of aromatic nitrogens is 1. The van der Waals surface area contributed by atoms with Crippen molar-refractivity contribution in [3.8, 4) is 5.75 Å². The summed E-state index contributed by atoms with van der Waals surface area (Å²) in [6.45, 7) is 2.79. The van der Waals surface area contributed by atoms with E-state index in [0.717, 1.165) is 5.56 Å². The number of nitrogens with one attached hydrogen (secondary N) is 2. The minimum atomic E-state index is -0.212. The van der Waals surface area contributed by atoms with Gasteiger partial charge in [0.15, 0.2) is 11.6 Å². The van der Waals surface area contributed by atoms with Gasteiger partial charge in [-0.3, -0.25) is 9.59 Å². The largest absolute Gasteiger partial charge is 0.489 e. The van der Waals surface area contributed by atoms with Gasteiger partial charge in [-0.15, -0.1) is 0 Å². The van der Waals surface area contributed by atoms with Gasteiger partial charge in [0.25, 0.3) is 5.91 Å². The minimum Gasteiger partial charge on any atom is -0.489 e. The number of carbonyl (C=O) groups excluding carboxylic acids is 2. The van der Waals surface area contributed by atoms with E-state index < -0.39 is 0 Å². The summed E-state index contributed by atoms with van der Waals surface area (Å²) in [5.41, 5.74) is 1.53. The molecule has 0 spiro atoms. The Morgan fingerprint density at radius 2 is 1.90 bits per heavy atom. The molecular formula is C23H29N3O3. The van der Waals surface area contributed by atoms with Crippen LogP contribution in [-0.2, 0) is 4.79 Å². The summed E-state index contributed by atoms with van der Waals surface area (Å²) in [4.78, 5) is 28.8. The maximum Gasteiger partial charge on any atom is 0.251 e. The lowest BCUT2D eigenvalue weighted by atomic mass is 9.90. The van der Waals surface area contributed by atoms with E-state index in [1.165, 1.54) is 32.1 Å². The number of hydrogen-bond acceptors (Lipinski definition) is 4. The van der Waals surface area contributed by atoms with Gasteiger partial charge in [-0.25, -0.2) is 4.98 Å². The van der Waals surface area contributed by atoms with Gasteiger partial charge in [0.05, 0.1) is 6.61 Å². The first kappa shape index (κ1) is 20.8. The fourth-order valence-corrected chi connectivity index (χ4v) is 3.57. The molecular weight excluding hydrogens is 366 g/mol. The van der Waals surface area contributed by atoms with E-state index in [1.807, 2.05) is 31.2 Å². The number of pyridine rings is 1. The number of hydrogen-bond donors (Lipinski definition) is 2. The van der Waals surface area contributed by atoms with Crippen LogP contribution < -0.4 is 15.4 Å². The molecule has 0 aliphatic heterocycles. The maximum atomic E-state index is 12.3. The quantitative estimate of drug-likeness (QED) is 0.705. The van der Waals surface area contributed by atoms with E-state index in [4.69, 9.17) is 4.74 Å². The Balaban J connectivity index is 1.46. The van der Waals surface area contributed by atoms with Crippen molar-refractivity contribution >= 4 is 17.6 Å². The Kier molecular flexibility index (Phi) is 7.61. The summed E-state index contributed by atoms with van der Waals surface area (Å²) in [5, 5.41) is 5.58. The van der Waals surface area contributed by atoms with Gasteiger partial charge in [-0.05, 0) is 49.4 Å². The first-order valence-electron chi connectivity index (χ1n) is 10.3. The number of ether oxygens (including phenoxy) is 1. The number of rotatable bonds is 8. The average Bonchev–Trinajstić information content (AvgIpc) is 2.74. The molecule has 1 fully saturated rings. The van der Waals surface area contributed by atoms with Crippen LogP contribution in [-0.4, -0.2) is 29.9 Å². The standard InChI is InChI=1S/C23H29N3O3/c1-17-8-5-6-11-19(17)23(28)25-15-13-21(27)26-22-20(12-7-14-24-22)29-16-18-9-3-2-4-10-18/h5-8,11-12,14,18H,2-4,9-10,13,15-16H2,1H3,(H,25,28)(H,24,26,27). The lowest BCUT2D eigenvalue weighted by molar-refractivity contribution is -0.116. The van der Waals surface area contributed by atoms with Crippen molar-refractivity contribution in [2.75, 3.05) is 18.5 Å². The fourth-order valence-electron chi connectivity index (χ4n) is 3.57. The third kappa shape index (κ3) is 6.31. The van der Waals surface area contributed by atoms with Crippen molar-refractivity contribution in [2.45, 2.75) is 45.4 Å². The number of amides is 2. The number of benzene rings is 1. The van der Waals surface area contributed by atoms with Crippen molar-refractivity contribution in [1.82, 2.24) is 10.3 Å². The Labute approximate surface area is 172 Å². The Hall–Kier alpha value is -2.89. The lowest BCUT2D eigenvalue weighted by Crippen LogP contribution is -2.28. The molecule has 0 saturated heterocycles. The smallest absolute Gasteiger partial charge is 0.251 e. The van der Waals surface area contributed by atoms with Gasteiger partial charge < -0.3 is 15.4 Å². The van der Waals surface area contributed by atoms with Crippen molar-refractivity contribution in [1.29, 1.82) is 0 Å². The summed E-state index contributed by atoms with van der Waals surface area (Å²) >= 11 is 0. The van der Waals surface area contributed by atoms with Gasteiger partial charge in [-0.1, -0.05) is 37.5 Å². The van der Waals surface area contributed by atoms with Crippen LogP contribution in [0, 0.1) is 12.8 Å². The molecule has 1 aliphatic carbocycles. The van der Waals surface area contributed by atoms with E-state index in [-0.39, 0.29) is 24.8 Å². The van der Waals surface area contributed by atoms with Crippen LogP contribution in [0.25, 0.3) is 0 Å². The molecule has 2 N–H and O–H groups in total. The maximum absolute atomic E-state index is 12.3. The Morgan fingerprint density at radius 1 is 1.10 bits per heavy atom. The van der Waals surface area contributed by atoms with E-state index >= 15 is 0 Å². The van der Waals surface area contributed by atoms with Gasteiger partial charge >= 0.3 is 0 Å². The molecule has 1 heterocycles. The van der Waals surface area contributed by atoms with Crippen LogP contribution in [0.2, 0.25) is 0 Å². The molecule has 0 unspecified atom stereocenters. The molecule has 29 heavy (non-hydrogen) atoms. The Morgan fingerprint density at radius 3 is 2.69 bits per heavy atom. The van der Waals surface area contributed by atoms with E-state index in [1.54, 1.807) is 18.3 Å². The fraction of sp³-hybridized carbons (Fsp3) is 0.435. The van der Waals surface area contributed by atoms with Crippen LogP contribution >= 0.6 is 0 Å². The molecule has 154 valence electrons. The van der Waals surface area contributed by atoms with Crippen molar-refractivity contribution < 1.29 is 14.3 Å². The molecule has 2 amide bonds. The zero-order chi connectivity index (χ0) is 20.5. The highest BCUT2D eigenvalue weighted by molar-refractivity contribution is 5.96. The lowest BCUT2D eigenvalue weighted by Gasteiger charge is -2.22. The second-order valence-corrected chi connectivity index (χ2v) is 7.53. The van der Waals surface area contributed by atoms with Crippen molar-refractivity contribution in [3.05, 3.63) is 53.7 Å². The van der Waals surface area contributed by atoms with E-state index in [2.05, 4.69) is 15.6 Å². The van der Waals surface area contributed by atoms with Gasteiger partial charge in [0.2, 0.25) is 5.91 Å². The molecule has 6 heteroatoms. The summed E-state index contributed by atoms with van der Waals surface area (Å²) in [6, 6.07) is 11.0. The molecule has 1 saturated carbocycles. The predicted octanol–water partition coefficient (Wildman–Crippen LogP) is 4.11. The zero-order valence-corrected chi connectivity index (χ0v) is 16.9. The molecule has 6 nitrogen and oxygen atoms in total. The monoisotopic (exact) mass is 395 g/mol. The highest BCUT2D eigenvalue weighted by Crippen LogP contribution is 2.27. The van der Waals surface area contributed by atoms with Gasteiger partial charge in [0.1, 0.15) is 0 Å². The highest BCUT2D eigenvalue weighted by atomic mass is 16.5. The molecule has 1 aromatic carbocycles. The zero-order valence-electron chi connectivity index (χ0n) is 16.9. The molecule has 3 rings (SSSR count). The summed E-state index contributed by atoms with van der Waals surface area (Å²) in [7, 11) is 0. The molecule has 2 aromatic rings. The molecule has 1 aliphatic rings. The van der Waals surface area contributed by atoms with E-state index in [9.17, 15) is 9.59 Å². The van der Waals surface area contributed by atoms with Crippen LogP contribution in [0.1, 0.15) is 54.4 Å². The normalized spacial score (nSPS) is 14.2. The average molecular weight is 396 g/mol. The first-order chi connectivity index (χ1) is 14.1. The first-order valence-corrected chi connectivity index (χ1v) is 10.3. The van der Waals surface area contributed by atoms with Gasteiger partial charge in [-0.2, -0.15) is 0 Å². The summed E-state index contributed by atoms with van der Waals surface area (Å²) in [6.07, 6.45) is 8.02. The highest BCUT2D eigenvalue weighted by Gasteiger charge is 2.16. The minimum absolute atomic E-state index is 0.163. The SMILES string of the molecule is Cc1ccccc1C(=O)NCCC(=O)Nc1ncccc1OCC1CCCCC1. The number of carbonyl (C=O) groups is 2. The third-order valence-corrected chi connectivity index (χ3v) is 5.26. The Bertz CT molecular complexity index is 832. The van der Waals surface area contributed by atoms with Crippen LogP contribution in [0.5, 0.6) is 5.75 Å². The third-order valence-electron chi connectivity index (χ3n) is 5.26. The van der Waals surface area contributed by atoms with Crippen LogP contribution in [0.15, 0.2) is 42.6 Å². The summed E-state index contributed by atoms with van der Waals surface area (Å²) in [5.74, 6) is 1.21. The van der Waals surface area contributed by atoms with Gasteiger partial charge in [0, 0.05) is 24.7 Å². The second-order valence-electron chi connectivity index (χ2n) is 7.53. The van der Waals surface area contributed by atoms with Crippen molar-refractivity contribution in [3.63, 3.8) is 0 Å². The molecule has 0 radical (unpaired) electrons. The van der Waals surface area contributed by atoms with Crippen molar-refractivity contribution in [2.24, 2.45) is 5.92 Å².